The summed E-state index contributed by atoms with van der Waals surface area (Å²) in [6, 6.07) is 2.59. The number of hydrogen-bond acceptors (Lipinski definition) is 4. The van der Waals surface area contributed by atoms with Crippen LogP contribution in [0.1, 0.15) is 26.7 Å². The van der Waals surface area contributed by atoms with Crippen molar-refractivity contribution >= 4 is 20.0 Å². The Hall–Kier alpha value is -0.843. The topological polar surface area (TPSA) is 52.6 Å². The molecule has 0 aliphatic carbocycles. The second-order valence-corrected chi connectivity index (χ2v) is 11.2. The monoisotopic (exact) mass is 272 g/mol. The first kappa shape index (κ1) is 15.2. The zero-order chi connectivity index (χ0) is 13.8. The molecule has 5 heteroatoms. The molecule has 1 aliphatic rings. The van der Waals surface area contributed by atoms with Gasteiger partial charge in [0.05, 0.1) is 0 Å². The summed E-state index contributed by atoms with van der Waals surface area (Å²) < 4.78 is 9.97. The third kappa shape index (κ3) is 5.21. The van der Waals surface area contributed by atoms with Gasteiger partial charge in [-0.25, -0.2) is 4.79 Å². The number of carbonyl (C=O) groups excluding carboxylic acids is 2. The molecule has 1 heterocycles. The first-order chi connectivity index (χ1) is 8.30. The Morgan fingerprint density at radius 3 is 2.61 bits per heavy atom. The minimum Gasteiger partial charge on any atom is -0.460 e. The molecule has 0 saturated carbocycles. The van der Waals surface area contributed by atoms with E-state index in [1.165, 1.54) is 25.4 Å². The number of rotatable bonds is 4. The lowest BCUT2D eigenvalue weighted by Gasteiger charge is -2.36. The van der Waals surface area contributed by atoms with E-state index in [0.29, 0.717) is 5.92 Å². The molecule has 2 atom stereocenters. The third-order valence-electron chi connectivity index (χ3n) is 3.62. The second kappa shape index (κ2) is 6.36. The van der Waals surface area contributed by atoms with Crippen molar-refractivity contribution in [1.82, 2.24) is 0 Å². The molecule has 2 unspecified atom stereocenters. The normalized spacial score (nSPS) is 24.1. The van der Waals surface area contributed by atoms with Crippen LogP contribution < -0.4 is 0 Å². The minimum absolute atomic E-state index is 0.0693. The fourth-order valence-corrected chi connectivity index (χ4v) is 5.98. The van der Waals surface area contributed by atoms with E-state index in [1.54, 1.807) is 0 Å². The summed E-state index contributed by atoms with van der Waals surface area (Å²) in [5.74, 6) is -0.421. The Bertz CT molecular complexity index is 314. The Morgan fingerprint density at radius 2 is 2.06 bits per heavy atom. The average molecular weight is 272 g/mol. The van der Waals surface area contributed by atoms with Crippen LogP contribution in [0.25, 0.3) is 0 Å². The van der Waals surface area contributed by atoms with Gasteiger partial charge in [0, 0.05) is 15.0 Å². The molecule has 1 saturated heterocycles. The van der Waals surface area contributed by atoms with Crippen molar-refractivity contribution in [2.75, 3.05) is 6.61 Å². The Kier molecular flexibility index (Phi) is 5.38. The fourth-order valence-electron chi connectivity index (χ4n) is 2.66. The van der Waals surface area contributed by atoms with Gasteiger partial charge in [0.2, 0.25) is 0 Å². The van der Waals surface area contributed by atoms with Crippen molar-refractivity contribution in [2.24, 2.45) is 5.92 Å². The molecular weight excluding hydrogens is 248 g/mol. The van der Waals surface area contributed by atoms with Gasteiger partial charge in [0.1, 0.15) is 6.10 Å². The van der Waals surface area contributed by atoms with E-state index < -0.39 is 20.0 Å². The first-order valence-electron chi connectivity index (χ1n) is 6.63. The Balaban J connectivity index is 2.37. The van der Waals surface area contributed by atoms with Crippen molar-refractivity contribution in [2.45, 2.75) is 58.0 Å². The summed E-state index contributed by atoms with van der Waals surface area (Å²) in [5, 5.41) is 0. The van der Waals surface area contributed by atoms with Crippen LogP contribution in [0.5, 0.6) is 0 Å². The summed E-state index contributed by atoms with van der Waals surface area (Å²) in [5.41, 5.74) is 0. The van der Waals surface area contributed by atoms with Crippen LogP contribution >= 0.6 is 0 Å². The lowest BCUT2D eigenvalue weighted by Crippen LogP contribution is -2.38. The van der Waals surface area contributed by atoms with Crippen LogP contribution in [-0.2, 0) is 19.1 Å². The largest absolute Gasteiger partial charge is 0.460 e. The van der Waals surface area contributed by atoms with E-state index in [4.69, 9.17) is 4.74 Å². The molecular formula is C13H24O4Si. The van der Waals surface area contributed by atoms with Crippen molar-refractivity contribution in [3.05, 3.63) is 0 Å². The van der Waals surface area contributed by atoms with Gasteiger partial charge in [0.15, 0.2) is 6.61 Å². The fraction of sp³-hybridized carbons (Fsp3) is 0.846. The highest BCUT2D eigenvalue weighted by Crippen LogP contribution is 2.35. The third-order valence-corrected chi connectivity index (χ3v) is 6.95. The molecule has 1 aliphatic heterocycles. The van der Waals surface area contributed by atoms with E-state index in [2.05, 4.69) is 17.8 Å². The summed E-state index contributed by atoms with van der Waals surface area (Å²) in [7, 11) is -1.08. The number of carbonyl (C=O) groups is 2. The quantitative estimate of drug-likeness (QED) is 0.583. The molecule has 0 amide bonds. The predicted octanol–water partition coefficient (Wildman–Crippen LogP) is 2.60. The van der Waals surface area contributed by atoms with Gasteiger partial charge in [-0.15, -0.1) is 0 Å². The molecule has 104 valence electrons. The van der Waals surface area contributed by atoms with Gasteiger partial charge in [-0.3, -0.25) is 4.79 Å². The molecule has 0 N–H and O–H groups in total. The van der Waals surface area contributed by atoms with E-state index in [0.717, 1.165) is 6.42 Å². The van der Waals surface area contributed by atoms with Crippen molar-refractivity contribution in [1.29, 1.82) is 0 Å². The van der Waals surface area contributed by atoms with Crippen LogP contribution in [0.3, 0.4) is 0 Å². The maximum atomic E-state index is 11.5. The van der Waals surface area contributed by atoms with Crippen molar-refractivity contribution in [3.8, 4) is 0 Å². The van der Waals surface area contributed by atoms with Gasteiger partial charge in [-0.1, -0.05) is 31.6 Å². The van der Waals surface area contributed by atoms with Crippen molar-refractivity contribution < 1.29 is 19.1 Å². The molecule has 18 heavy (non-hydrogen) atoms. The van der Waals surface area contributed by atoms with Crippen LogP contribution in [0.2, 0.25) is 25.2 Å². The molecule has 0 aromatic carbocycles. The number of esters is 2. The van der Waals surface area contributed by atoms with Gasteiger partial charge >= 0.3 is 11.9 Å². The van der Waals surface area contributed by atoms with Gasteiger partial charge < -0.3 is 9.47 Å². The summed E-state index contributed by atoms with van der Waals surface area (Å²) >= 11 is 0. The van der Waals surface area contributed by atoms with E-state index >= 15 is 0 Å². The number of hydrogen-bond donors (Lipinski definition) is 0. The average Bonchev–Trinajstić information content (AvgIpc) is 2.25. The highest BCUT2D eigenvalue weighted by atomic mass is 28.3. The second-order valence-electron chi connectivity index (χ2n) is 6.00. The molecule has 0 radical (unpaired) electrons. The molecule has 1 fully saturated rings. The molecule has 0 bridgehead atoms. The zero-order valence-electron chi connectivity index (χ0n) is 11.8. The van der Waals surface area contributed by atoms with E-state index in [-0.39, 0.29) is 12.7 Å². The highest BCUT2D eigenvalue weighted by Gasteiger charge is 2.33. The van der Waals surface area contributed by atoms with Gasteiger partial charge in [-0.2, -0.15) is 0 Å². The van der Waals surface area contributed by atoms with Crippen LogP contribution in [0, 0.1) is 5.92 Å². The molecule has 0 spiro atoms. The molecule has 0 aromatic rings. The summed E-state index contributed by atoms with van der Waals surface area (Å²) in [4.78, 5) is 22.1. The van der Waals surface area contributed by atoms with E-state index in [9.17, 15) is 9.59 Å². The standard InChI is InChI=1S/C13H24O4Si/c1-10(17-13(15)8-16-11(2)14)12-6-5-7-18(3,4)9-12/h10,12H,5-9H2,1-4H3. The highest BCUT2D eigenvalue weighted by molar-refractivity contribution is 6.77. The first-order valence-corrected chi connectivity index (χ1v) is 10.0. The van der Waals surface area contributed by atoms with Gasteiger partial charge in [-0.05, 0) is 19.3 Å². The summed E-state index contributed by atoms with van der Waals surface area (Å²) in [6.45, 7) is 7.75. The van der Waals surface area contributed by atoms with E-state index in [1.807, 2.05) is 6.92 Å². The lowest BCUT2D eigenvalue weighted by molar-refractivity contribution is -0.162. The maximum Gasteiger partial charge on any atom is 0.344 e. The number of ether oxygens (including phenoxy) is 2. The van der Waals surface area contributed by atoms with Crippen LogP contribution in [0.4, 0.5) is 0 Å². The minimum atomic E-state index is -1.08. The molecule has 4 nitrogen and oxygen atoms in total. The van der Waals surface area contributed by atoms with Crippen molar-refractivity contribution in [3.63, 3.8) is 0 Å². The predicted molar refractivity (Wildman–Crippen MR) is 72.0 cm³/mol. The Morgan fingerprint density at radius 1 is 1.39 bits per heavy atom. The molecule has 1 rings (SSSR count). The van der Waals surface area contributed by atoms with Crippen LogP contribution in [0.15, 0.2) is 0 Å². The zero-order valence-corrected chi connectivity index (χ0v) is 12.8. The summed E-state index contributed by atoms with van der Waals surface area (Å²) in [6.07, 6.45) is 2.31. The van der Waals surface area contributed by atoms with Gasteiger partial charge in [0.25, 0.3) is 0 Å². The SMILES string of the molecule is CC(=O)OCC(=O)OC(C)C1CCC[Si](C)(C)C1. The molecule has 0 aromatic heterocycles. The van der Waals surface area contributed by atoms with Crippen LogP contribution in [-0.4, -0.2) is 32.7 Å². The lowest BCUT2D eigenvalue weighted by atomic mass is 10.00. The maximum absolute atomic E-state index is 11.5. The smallest absolute Gasteiger partial charge is 0.344 e. The Labute approximate surface area is 110 Å².